The highest BCUT2D eigenvalue weighted by molar-refractivity contribution is 7.20. The van der Waals surface area contributed by atoms with Gasteiger partial charge in [-0.3, -0.25) is 4.79 Å². The fourth-order valence-electron chi connectivity index (χ4n) is 3.41. The predicted molar refractivity (Wildman–Crippen MR) is 107 cm³/mol. The van der Waals surface area contributed by atoms with Crippen molar-refractivity contribution < 1.29 is 9.53 Å². The average molecular weight is 366 g/mol. The second-order valence-electron chi connectivity index (χ2n) is 6.67. The summed E-state index contributed by atoms with van der Waals surface area (Å²) in [7, 11) is 1.66. The van der Waals surface area contributed by atoms with Gasteiger partial charge in [0.2, 0.25) is 0 Å². The number of pyridine rings is 1. The molecule has 1 N–H and O–H groups in total. The molecule has 2 heterocycles. The molecule has 0 saturated carbocycles. The Bertz CT molecular complexity index is 990. The summed E-state index contributed by atoms with van der Waals surface area (Å²) in [4.78, 5) is 18.8. The lowest BCUT2D eigenvalue weighted by Gasteiger charge is -2.12. The number of nitrogens with zero attached hydrogens (tertiary/aromatic N) is 1. The van der Waals surface area contributed by atoms with Gasteiger partial charge in [-0.15, -0.1) is 11.3 Å². The van der Waals surface area contributed by atoms with E-state index in [9.17, 15) is 4.79 Å². The molecule has 0 spiro atoms. The Morgan fingerprint density at radius 3 is 2.96 bits per heavy atom. The molecule has 5 heteroatoms. The number of hydrogen-bond donors (Lipinski definition) is 1. The summed E-state index contributed by atoms with van der Waals surface area (Å²) in [5, 5.41) is 5.07. The van der Waals surface area contributed by atoms with Crippen molar-refractivity contribution >= 4 is 38.4 Å². The van der Waals surface area contributed by atoms with Crippen molar-refractivity contribution in [2.75, 3.05) is 13.7 Å². The second kappa shape index (κ2) is 7.46. The number of amides is 1. The minimum Gasteiger partial charge on any atom is -0.497 e. The molecular weight excluding hydrogens is 344 g/mol. The number of hydrogen-bond acceptors (Lipinski definition) is 4. The van der Waals surface area contributed by atoms with Gasteiger partial charge in [0.15, 0.2) is 0 Å². The Morgan fingerprint density at radius 1 is 1.23 bits per heavy atom. The molecule has 0 atom stereocenters. The molecule has 3 aromatic rings. The second-order valence-corrected chi connectivity index (χ2v) is 7.70. The molecule has 4 rings (SSSR count). The Labute approximate surface area is 156 Å². The average Bonchev–Trinajstić information content (AvgIpc) is 3.09. The molecule has 0 radical (unpaired) electrons. The highest BCUT2D eigenvalue weighted by Gasteiger charge is 2.12. The van der Waals surface area contributed by atoms with Gasteiger partial charge >= 0.3 is 0 Å². The van der Waals surface area contributed by atoms with Gasteiger partial charge in [0.25, 0.3) is 5.91 Å². The van der Waals surface area contributed by atoms with Crippen LogP contribution in [0.4, 0.5) is 0 Å². The van der Waals surface area contributed by atoms with Crippen LogP contribution in [0.5, 0.6) is 5.75 Å². The molecule has 1 aliphatic rings. The molecule has 1 aliphatic carbocycles. The SMILES string of the molecule is COc1ccc2nc3sc(C(=O)NCCC4=CCCCC4)cc3cc2c1. The summed E-state index contributed by atoms with van der Waals surface area (Å²) in [6.45, 7) is 0.700. The van der Waals surface area contributed by atoms with Crippen LogP contribution in [-0.4, -0.2) is 24.5 Å². The molecule has 0 saturated heterocycles. The third-order valence-corrected chi connectivity index (χ3v) is 5.89. The summed E-state index contributed by atoms with van der Waals surface area (Å²) in [6.07, 6.45) is 8.23. The molecule has 0 fully saturated rings. The summed E-state index contributed by atoms with van der Waals surface area (Å²) in [5.41, 5.74) is 2.39. The largest absolute Gasteiger partial charge is 0.497 e. The predicted octanol–water partition coefficient (Wildman–Crippen LogP) is 5.08. The number of benzene rings is 1. The van der Waals surface area contributed by atoms with E-state index in [1.807, 2.05) is 24.3 Å². The molecule has 0 bridgehead atoms. The number of carbonyl (C=O) groups excluding carboxylic acids is 1. The first-order valence-corrected chi connectivity index (χ1v) is 9.89. The van der Waals surface area contributed by atoms with Crippen molar-refractivity contribution in [2.45, 2.75) is 32.1 Å². The number of allylic oxidation sites excluding steroid dienone is 1. The van der Waals surface area contributed by atoms with Crippen molar-refractivity contribution in [3.8, 4) is 5.75 Å². The third-order valence-electron chi connectivity index (χ3n) is 4.85. The van der Waals surface area contributed by atoms with E-state index in [1.54, 1.807) is 7.11 Å². The lowest BCUT2D eigenvalue weighted by molar-refractivity contribution is 0.0958. The van der Waals surface area contributed by atoms with E-state index in [0.29, 0.717) is 11.4 Å². The van der Waals surface area contributed by atoms with Crippen LogP contribution in [0.3, 0.4) is 0 Å². The Balaban J connectivity index is 1.49. The minimum atomic E-state index is -0.00829. The first-order chi connectivity index (χ1) is 12.7. The van der Waals surface area contributed by atoms with Crippen LogP contribution in [0.2, 0.25) is 0 Å². The maximum atomic E-state index is 12.5. The minimum absolute atomic E-state index is 0.00829. The number of rotatable bonds is 5. The van der Waals surface area contributed by atoms with Crippen LogP contribution in [0, 0.1) is 0 Å². The normalized spacial score (nSPS) is 14.4. The van der Waals surface area contributed by atoms with Gasteiger partial charge in [-0.25, -0.2) is 4.98 Å². The van der Waals surface area contributed by atoms with E-state index in [1.165, 1.54) is 42.6 Å². The number of carbonyl (C=O) groups is 1. The van der Waals surface area contributed by atoms with E-state index in [2.05, 4.69) is 22.4 Å². The molecule has 1 amide bonds. The zero-order valence-corrected chi connectivity index (χ0v) is 15.7. The molecular formula is C21H22N2O2S. The summed E-state index contributed by atoms with van der Waals surface area (Å²) in [6, 6.07) is 9.83. The maximum Gasteiger partial charge on any atom is 0.261 e. The van der Waals surface area contributed by atoms with Gasteiger partial charge in [0.05, 0.1) is 17.5 Å². The number of fused-ring (bicyclic) bond motifs is 2. The van der Waals surface area contributed by atoms with Crippen LogP contribution < -0.4 is 10.1 Å². The quantitative estimate of drug-likeness (QED) is 0.641. The first kappa shape index (κ1) is 17.0. The smallest absolute Gasteiger partial charge is 0.261 e. The zero-order chi connectivity index (χ0) is 17.9. The van der Waals surface area contributed by atoms with Crippen LogP contribution in [0.1, 0.15) is 41.8 Å². The number of aromatic nitrogens is 1. The van der Waals surface area contributed by atoms with Gasteiger partial charge in [0.1, 0.15) is 10.6 Å². The summed E-state index contributed by atoms with van der Waals surface area (Å²) >= 11 is 1.45. The molecule has 4 nitrogen and oxygen atoms in total. The number of methoxy groups -OCH3 is 1. The van der Waals surface area contributed by atoms with Crippen molar-refractivity contribution in [2.24, 2.45) is 0 Å². The monoisotopic (exact) mass is 366 g/mol. The molecule has 0 unspecified atom stereocenters. The summed E-state index contributed by atoms with van der Waals surface area (Å²) in [5.74, 6) is 0.801. The number of thiophene rings is 1. The van der Waals surface area contributed by atoms with E-state index >= 15 is 0 Å². The zero-order valence-electron chi connectivity index (χ0n) is 14.9. The van der Waals surface area contributed by atoms with Gasteiger partial charge in [0, 0.05) is 17.3 Å². The summed E-state index contributed by atoms with van der Waals surface area (Å²) < 4.78 is 5.28. The fourth-order valence-corrected chi connectivity index (χ4v) is 4.35. The molecule has 26 heavy (non-hydrogen) atoms. The first-order valence-electron chi connectivity index (χ1n) is 9.07. The molecule has 134 valence electrons. The topological polar surface area (TPSA) is 51.2 Å². The lowest BCUT2D eigenvalue weighted by Crippen LogP contribution is -2.24. The van der Waals surface area contributed by atoms with Gasteiger partial charge in [-0.2, -0.15) is 0 Å². The molecule has 0 aliphatic heterocycles. The molecule has 2 aromatic heterocycles. The highest BCUT2D eigenvalue weighted by atomic mass is 32.1. The van der Waals surface area contributed by atoms with Crippen LogP contribution in [-0.2, 0) is 0 Å². The fraction of sp³-hybridized carbons (Fsp3) is 0.333. The van der Waals surface area contributed by atoms with Gasteiger partial charge in [-0.1, -0.05) is 11.6 Å². The van der Waals surface area contributed by atoms with Gasteiger partial charge in [-0.05, 0) is 62.4 Å². The molecule has 1 aromatic carbocycles. The van der Waals surface area contributed by atoms with Gasteiger partial charge < -0.3 is 10.1 Å². The van der Waals surface area contributed by atoms with Crippen molar-refractivity contribution in [3.63, 3.8) is 0 Å². The third kappa shape index (κ3) is 3.58. The van der Waals surface area contributed by atoms with E-state index < -0.39 is 0 Å². The van der Waals surface area contributed by atoms with E-state index in [-0.39, 0.29) is 5.91 Å². The van der Waals surface area contributed by atoms with Crippen molar-refractivity contribution in [1.29, 1.82) is 0 Å². The number of ether oxygens (including phenoxy) is 1. The Kier molecular flexibility index (Phi) is 4.89. The van der Waals surface area contributed by atoms with Crippen LogP contribution in [0.15, 0.2) is 42.0 Å². The van der Waals surface area contributed by atoms with E-state index in [4.69, 9.17) is 4.74 Å². The van der Waals surface area contributed by atoms with E-state index in [0.717, 1.165) is 33.3 Å². The lowest BCUT2D eigenvalue weighted by atomic mass is 9.97. The Hall–Kier alpha value is -2.40. The maximum absolute atomic E-state index is 12.5. The van der Waals surface area contributed by atoms with Crippen LogP contribution >= 0.6 is 11.3 Å². The Morgan fingerprint density at radius 2 is 2.15 bits per heavy atom. The van der Waals surface area contributed by atoms with Crippen LogP contribution in [0.25, 0.3) is 21.1 Å². The van der Waals surface area contributed by atoms with Crippen molar-refractivity contribution in [3.05, 3.63) is 46.9 Å². The number of nitrogens with one attached hydrogen (secondary N) is 1. The highest BCUT2D eigenvalue weighted by Crippen LogP contribution is 2.29. The standard InChI is InChI=1S/C21H22N2O2S/c1-25-17-7-8-18-15(12-17)11-16-13-19(26-21(16)23-18)20(24)22-10-9-14-5-3-2-4-6-14/h5,7-8,11-13H,2-4,6,9-10H2,1H3,(H,22,24). The van der Waals surface area contributed by atoms with Crippen molar-refractivity contribution in [1.82, 2.24) is 10.3 Å².